The first-order valence-electron chi connectivity index (χ1n) is 10.4. The molecule has 0 unspecified atom stereocenters. The van der Waals surface area contributed by atoms with Crippen molar-refractivity contribution in [2.24, 2.45) is 0 Å². The van der Waals surface area contributed by atoms with E-state index in [1.807, 2.05) is 25.1 Å². The second-order valence-corrected chi connectivity index (χ2v) is 8.25. The van der Waals surface area contributed by atoms with Crippen molar-refractivity contribution in [2.45, 2.75) is 6.92 Å². The first-order chi connectivity index (χ1) is 16.0. The van der Waals surface area contributed by atoms with Crippen LogP contribution in [0, 0.1) is 6.92 Å². The van der Waals surface area contributed by atoms with Crippen LogP contribution in [0.15, 0.2) is 48.5 Å². The van der Waals surface area contributed by atoms with Crippen LogP contribution in [0.25, 0.3) is 0 Å². The van der Waals surface area contributed by atoms with E-state index in [0.717, 1.165) is 30.3 Å². The van der Waals surface area contributed by atoms with E-state index in [-0.39, 0.29) is 12.5 Å². The molecule has 0 radical (unpaired) electrons. The number of hydrogen-bond acceptors (Lipinski definition) is 7. The second kappa shape index (κ2) is 10.7. The van der Waals surface area contributed by atoms with Crippen molar-refractivity contribution < 1.29 is 14.3 Å². The Labute approximate surface area is 201 Å². The quantitative estimate of drug-likeness (QED) is 0.499. The molecule has 0 atom stereocenters. The maximum absolute atomic E-state index is 12.2. The van der Waals surface area contributed by atoms with Gasteiger partial charge in [-0.05, 0) is 49.4 Å². The molecule has 8 nitrogen and oxygen atoms in total. The first kappa shape index (κ1) is 23.1. The third kappa shape index (κ3) is 6.47. The summed E-state index contributed by atoms with van der Waals surface area (Å²) >= 11 is 11.9. The molecule has 1 aromatic heterocycles. The maximum atomic E-state index is 12.2. The Hall–Kier alpha value is -3.07. The van der Waals surface area contributed by atoms with Crippen molar-refractivity contribution in [1.29, 1.82) is 0 Å². The van der Waals surface area contributed by atoms with E-state index in [1.54, 1.807) is 30.3 Å². The van der Waals surface area contributed by atoms with Gasteiger partial charge in [-0.1, -0.05) is 23.2 Å². The fraction of sp³-hybridized carbons (Fsp3) is 0.261. The zero-order chi connectivity index (χ0) is 23.2. The Morgan fingerprint density at radius 2 is 1.79 bits per heavy atom. The number of morpholine rings is 1. The number of amides is 1. The van der Waals surface area contributed by atoms with Crippen molar-refractivity contribution in [3.8, 4) is 5.75 Å². The predicted molar refractivity (Wildman–Crippen MR) is 130 cm³/mol. The number of carbonyl (C=O) groups excluding carboxylic acids is 1. The lowest BCUT2D eigenvalue weighted by Gasteiger charge is -2.28. The minimum atomic E-state index is -0.307. The average molecular weight is 488 g/mol. The summed E-state index contributed by atoms with van der Waals surface area (Å²) in [6.07, 6.45) is 0. The van der Waals surface area contributed by atoms with Gasteiger partial charge in [0.05, 0.1) is 18.2 Å². The Bertz CT molecular complexity index is 1120. The molecule has 172 valence electrons. The molecule has 0 bridgehead atoms. The van der Waals surface area contributed by atoms with Crippen LogP contribution in [0.5, 0.6) is 5.75 Å². The number of aromatic nitrogens is 2. The summed E-state index contributed by atoms with van der Waals surface area (Å²) in [5.41, 5.74) is 2.31. The molecule has 0 aliphatic carbocycles. The van der Waals surface area contributed by atoms with Gasteiger partial charge in [-0.15, -0.1) is 0 Å². The first-order valence-corrected chi connectivity index (χ1v) is 11.1. The molecule has 4 rings (SSSR count). The molecule has 2 heterocycles. The molecular weight excluding hydrogens is 465 g/mol. The number of benzene rings is 2. The molecule has 0 saturated carbocycles. The maximum Gasteiger partial charge on any atom is 0.262 e. The van der Waals surface area contributed by atoms with Gasteiger partial charge in [-0.25, -0.2) is 4.98 Å². The third-order valence-corrected chi connectivity index (χ3v) is 5.38. The van der Waals surface area contributed by atoms with Gasteiger partial charge in [0.25, 0.3) is 5.91 Å². The van der Waals surface area contributed by atoms with Crippen molar-refractivity contribution >= 4 is 52.3 Å². The SMILES string of the molecule is Cc1cc(N2CCOCC2)nc(Nc2ccc(NC(=O)COc3ccc(Cl)cc3Cl)cc2)n1. The number of rotatable bonds is 7. The second-order valence-electron chi connectivity index (χ2n) is 7.40. The van der Waals surface area contributed by atoms with Gasteiger partial charge < -0.3 is 25.0 Å². The van der Waals surface area contributed by atoms with E-state index in [9.17, 15) is 4.79 Å². The summed E-state index contributed by atoms with van der Waals surface area (Å²) in [5.74, 6) is 1.48. The summed E-state index contributed by atoms with van der Waals surface area (Å²) in [6.45, 7) is 4.75. The molecule has 1 fully saturated rings. The lowest BCUT2D eigenvalue weighted by Crippen LogP contribution is -2.36. The van der Waals surface area contributed by atoms with E-state index in [1.165, 1.54) is 0 Å². The van der Waals surface area contributed by atoms with Crippen LogP contribution < -0.4 is 20.3 Å². The topological polar surface area (TPSA) is 88.6 Å². The fourth-order valence-corrected chi connectivity index (χ4v) is 3.72. The van der Waals surface area contributed by atoms with Crippen molar-refractivity contribution in [1.82, 2.24) is 9.97 Å². The van der Waals surface area contributed by atoms with Crippen LogP contribution in [-0.2, 0) is 9.53 Å². The number of anilines is 4. The minimum absolute atomic E-state index is 0.178. The normalized spacial score (nSPS) is 13.5. The van der Waals surface area contributed by atoms with Gasteiger partial charge >= 0.3 is 0 Å². The molecule has 1 amide bonds. The van der Waals surface area contributed by atoms with Gasteiger partial charge in [0.2, 0.25) is 5.95 Å². The number of nitrogens with zero attached hydrogens (tertiary/aromatic N) is 3. The number of halogens is 2. The largest absolute Gasteiger partial charge is 0.482 e. The lowest BCUT2D eigenvalue weighted by molar-refractivity contribution is -0.118. The van der Waals surface area contributed by atoms with Gasteiger partial charge in [0.15, 0.2) is 6.61 Å². The average Bonchev–Trinajstić information content (AvgIpc) is 2.80. The molecular formula is C23H23Cl2N5O3. The number of carbonyl (C=O) groups is 1. The summed E-state index contributed by atoms with van der Waals surface area (Å²) in [4.78, 5) is 23.5. The van der Waals surface area contributed by atoms with Crippen LogP contribution in [-0.4, -0.2) is 48.8 Å². The number of ether oxygens (including phenoxy) is 2. The highest BCUT2D eigenvalue weighted by molar-refractivity contribution is 6.35. The molecule has 2 N–H and O–H groups in total. The number of aryl methyl sites for hydroxylation is 1. The van der Waals surface area contributed by atoms with Gasteiger partial charge in [0, 0.05) is 41.2 Å². The standard InChI is InChI=1S/C23H23Cl2N5O3/c1-15-12-21(30-8-10-32-11-9-30)29-23(26-15)28-18-5-3-17(4-6-18)27-22(31)14-33-20-7-2-16(24)13-19(20)25/h2-7,12-13H,8-11,14H2,1H3,(H,27,31)(H,26,28,29). The van der Waals surface area contributed by atoms with Gasteiger partial charge in [0.1, 0.15) is 11.6 Å². The zero-order valence-electron chi connectivity index (χ0n) is 18.0. The molecule has 3 aromatic rings. The van der Waals surface area contributed by atoms with Gasteiger partial charge in [-0.2, -0.15) is 4.98 Å². The highest BCUT2D eigenvalue weighted by Gasteiger charge is 2.14. The summed E-state index contributed by atoms with van der Waals surface area (Å²) in [6, 6.07) is 14.0. The Kier molecular flexibility index (Phi) is 7.49. The summed E-state index contributed by atoms with van der Waals surface area (Å²) in [5, 5.41) is 6.85. The predicted octanol–water partition coefficient (Wildman–Crippen LogP) is 4.69. The van der Waals surface area contributed by atoms with Crippen LogP contribution >= 0.6 is 23.2 Å². The lowest BCUT2D eigenvalue weighted by atomic mass is 10.2. The van der Waals surface area contributed by atoms with Crippen LogP contribution in [0.3, 0.4) is 0 Å². The zero-order valence-corrected chi connectivity index (χ0v) is 19.5. The van der Waals surface area contributed by atoms with Crippen LogP contribution in [0.1, 0.15) is 5.69 Å². The number of nitrogens with one attached hydrogen (secondary N) is 2. The van der Waals surface area contributed by atoms with E-state index in [4.69, 9.17) is 32.7 Å². The van der Waals surface area contributed by atoms with Crippen molar-refractivity contribution in [3.05, 3.63) is 64.3 Å². The van der Waals surface area contributed by atoms with E-state index >= 15 is 0 Å². The Morgan fingerprint density at radius 3 is 2.52 bits per heavy atom. The Balaban J connectivity index is 1.33. The van der Waals surface area contributed by atoms with Crippen molar-refractivity contribution in [2.75, 3.05) is 48.4 Å². The molecule has 1 saturated heterocycles. The molecule has 1 aliphatic rings. The highest BCUT2D eigenvalue weighted by Crippen LogP contribution is 2.27. The molecule has 1 aliphatic heterocycles. The molecule has 2 aromatic carbocycles. The van der Waals surface area contributed by atoms with E-state index < -0.39 is 0 Å². The molecule has 10 heteroatoms. The van der Waals surface area contributed by atoms with Crippen LogP contribution in [0.4, 0.5) is 23.1 Å². The number of hydrogen-bond donors (Lipinski definition) is 2. The molecule has 0 spiro atoms. The summed E-state index contributed by atoms with van der Waals surface area (Å²) < 4.78 is 10.9. The minimum Gasteiger partial charge on any atom is -0.482 e. The molecule has 33 heavy (non-hydrogen) atoms. The van der Waals surface area contributed by atoms with Crippen molar-refractivity contribution in [3.63, 3.8) is 0 Å². The van der Waals surface area contributed by atoms with Gasteiger partial charge in [-0.3, -0.25) is 4.79 Å². The smallest absolute Gasteiger partial charge is 0.262 e. The fourth-order valence-electron chi connectivity index (χ4n) is 3.26. The highest BCUT2D eigenvalue weighted by atomic mass is 35.5. The van der Waals surface area contributed by atoms with E-state index in [0.29, 0.717) is 40.6 Å². The summed E-state index contributed by atoms with van der Waals surface area (Å²) in [7, 11) is 0. The third-order valence-electron chi connectivity index (χ3n) is 4.85. The Morgan fingerprint density at radius 1 is 1.06 bits per heavy atom. The monoisotopic (exact) mass is 487 g/mol. The van der Waals surface area contributed by atoms with E-state index in [2.05, 4.69) is 25.5 Å². The van der Waals surface area contributed by atoms with Crippen LogP contribution in [0.2, 0.25) is 10.0 Å².